The summed E-state index contributed by atoms with van der Waals surface area (Å²) in [6, 6.07) is 24.4. The lowest BCUT2D eigenvalue weighted by molar-refractivity contribution is 0.387. The molecule has 1 saturated heterocycles. The van der Waals surface area contributed by atoms with E-state index in [1.54, 1.807) is 13.3 Å². The molecule has 1 aliphatic rings. The Labute approximate surface area is 208 Å². The maximum absolute atomic E-state index is 13.5. The zero-order chi connectivity index (χ0) is 24.5. The number of benzene rings is 3. The van der Waals surface area contributed by atoms with Gasteiger partial charge in [0.05, 0.1) is 29.6 Å². The molecule has 3 N–H and O–H groups in total. The summed E-state index contributed by atoms with van der Waals surface area (Å²) in [5.41, 5.74) is 4.32. The van der Waals surface area contributed by atoms with Gasteiger partial charge in [-0.1, -0.05) is 48.5 Å². The smallest absolute Gasteiger partial charge is 0.258 e. The number of H-pyrrole nitrogens is 2. The lowest BCUT2D eigenvalue weighted by atomic mass is 9.70. The van der Waals surface area contributed by atoms with Crippen LogP contribution in [0.4, 0.5) is 0 Å². The van der Waals surface area contributed by atoms with E-state index >= 15 is 0 Å². The first-order valence-corrected chi connectivity index (χ1v) is 12.1. The normalized spacial score (nSPS) is 19.5. The van der Waals surface area contributed by atoms with Crippen molar-refractivity contribution in [1.29, 1.82) is 0 Å². The molecule has 6 rings (SSSR count). The molecule has 0 unspecified atom stereocenters. The second kappa shape index (κ2) is 9.09. The Kier molecular flexibility index (Phi) is 5.62. The highest BCUT2D eigenvalue weighted by atomic mass is 16.5. The molecule has 7 nitrogen and oxygen atoms in total. The Morgan fingerprint density at radius 3 is 2.72 bits per heavy atom. The minimum Gasteiger partial charge on any atom is -0.497 e. The van der Waals surface area contributed by atoms with Crippen molar-refractivity contribution >= 4 is 10.9 Å². The molecule has 0 bridgehead atoms. The summed E-state index contributed by atoms with van der Waals surface area (Å²) in [5, 5.41) is 11.0. The Morgan fingerprint density at radius 1 is 1.03 bits per heavy atom. The van der Waals surface area contributed by atoms with Gasteiger partial charge in [0.15, 0.2) is 0 Å². The van der Waals surface area contributed by atoms with E-state index in [-0.39, 0.29) is 11.5 Å². The topological polar surface area (TPSA) is 95.7 Å². The van der Waals surface area contributed by atoms with Crippen molar-refractivity contribution in [1.82, 2.24) is 25.5 Å². The number of rotatable bonds is 6. The van der Waals surface area contributed by atoms with E-state index in [2.05, 4.69) is 56.9 Å². The largest absolute Gasteiger partial charge is 0.497 e. The Balaban J connectivity index is 1.51. The van der Waals surface area contributed by atoms with E-state index < -0.39 is 5.41 Å². The standard InChI is InChI=1S/C29H27N5O2/c1-36-23-9-5-8-21(12-23)25-17-30-18-29(25,14-19-6-3-2-4-7-19)28-33-26-11-10-20(22-15-31-32-16-22)13-24(26)27(35)34-28/h2-13,15-16,25,30H,14,17-18H2,1H3,(H,31,32)(H,33,34,35)/t25-,29-/m0/s1. The molecule has 2 atom stereocenters. The van der Waals surface area contributed by atoms with Gasteiger partial charge in [-0.2, -0.15) is 5.10 Å². The van der Waals surface area contributed by atoms with Crippen LogP contribution in [-0.4, -0.2) is 40.4 Å². The maximum Gasteiger partial charge on any atom is 0.258 e. The predicted octanol–water partition coefficient (Wildman–Crippen LogP) is 4.19. The Hall–Kier alpha value is -4.23. The summed E-state index contributed by atoms with van der Waals surface area (Å²) in [4.78, 5) is 21.7. The maximum atomic E-state index is 13.5. The minimum atomic E-state index is -0.440. The third-order valence-electron chi connectivity index (χ3n) is 7.32. The summed E-state index contributed by atoms with van der Waals surface area (Å²) >= 11 is 0. The highest BCUT2D eigenvalue weighted by molar-refractivity contribution is 5.83. The third kappa shape index (κ3) is 3.87. The summed E-state index contributed by atoms with van der Waals surface area (Å²) in [7, 11) is 1.68. The number of nitrogens with one attached hydrogen (secondary N) is 3. The average molecular weight is 478 g/mol. The fourth-order valence-electron chi connectivity index (χ4n) is 5.49. The molecule has 3 aromatic carbocycles. The molecular formula is C29H27N5O2. The summed E-state index contributed by atoms with van der Waals surface area (Å²) < 4.78 is 5.52. The van der Waals surface area contributed by atoms with Crippen LogP contribution < -0.4 is 15.6 Å². The molecule has 180 valence electrons. The first-order chi connectivity index (χ1) is 17.7. The molecule has 0 saturated carbocycles. The van der Waals surface area contributed by atoms with Gasteiger partial charge in [-0.25, -0.2) is 4.98 Å². The van der Waals surface area contributed by atoms with Gasteiger partial charge in [0.25, 0.3) is 5.56 Å². The van der Waals surface area contributed by atoms with Crippen LogP contribution in [0.15, 0.2) is 90.0 Å². The molecule has 1 aliphatic heterocycles. The molecule has 7 heteroatoms. The second-order valence-corrected chi connectivity index (χ2v) is 9.41. The fraction of sp³-hybridized carbons (Fsp3) is 0.207. The number of aromatic amines is 2. The van der Waals surface area contributed by atoms with Gasteiger partial charge in [-0.05, 0) is 47.4 Å². The number of nitrogens with zero attached hydrogens (tertiary/aromatic N) is 2. The summed E-state index contributed by atoms with van der Waals surface area (Å²) in [5.74, 6) is 1.62. The van der Waals surface area contributed by atoms with Crippen molar-refractivity contribution in [3.05, 3.63) is 112 Å². The lowest BCUT2D eigenvalue weighted by Crippen LogP contribution is -2.40. The number of ether oxygens (including phenoxy) is 1. The molecule has 36 heavy (non-hydrogen) atoms. The van der Waals surface area contributed by atoms with Crippen LogP contribution in [0.25, 0.3) is 22.0 Å². The zero-order valence-electron chi connectivity index (χ0n) is 20.0. The van der Waals surface area contributed by atoms with Crippen molar-refractivity contribution in [2.24, 2.45) is 0 Å². The first-order valence-electron chi connectivity index (χ1n) is 12.1. The average Bonchev–Trinajstić information content (AvgIpc) is 3.60. The highest BCUT2D eigenvalue weighted by Gasteiger charge is 2.47. The summed E-state index contributed by atoms with van der Waals surface area (Å²) in [6.07, 6.45) is 4.30. The number of hydrogen-bond acceptors (Lipinski definition) is 5. The van der Waals surface area contributed by atoms with Crippen molar-refractivity contribution in [3.63, 3.8) is 0 Å². The van der Waals surface area contributed by atoms with Crippen LogP contribution in [0.2, 0.25) is 0 Å². The van der Waals surface area contributed by atoms with Crippen LogP contribution in [0.3, 0.4) is 0 Å². The van der Waals surface area contributed by atoms with Crippen molar-refractivity contribution in [2.45, 2.75) is 17.8 Å². The van der Waals surface area contributed by atoms with Gasteiger partial charge in [0, 0.05) is 30.8 Å². The van der Waals surface area contributed by atoms with Crippen molar-refractivity contribution in [2.75, 3.05) is 20.2 Å². The number of hydrogen-bond donors (Lipinski definition) is 3. The number of methoxy groups -OCH3 is 1. The van der Waals surface area contributed by atoms with Gasteiger partial charge in [0.2, 0.25) is 0 Å². The van der Waals surface area contributed by atoms with Crippen molar-refractivity contribution < 1.29 is 4.74 Å². The van der Waals surface area contributed by atoms with Crippen LogP contribution in [0, 0.1) is 0 Å². The first kappa shape index (κ1) is 22.2. The van der Waals surface area contributed by atoms with Gasteiger partial charge in [-0.15, -0.1) is 0 Å². The van der Waals surface area contributed by atoms with E-state index in [4.69, 9.17) is 9.72 Å². The molecule has 0 aliphatic carbocycles. The number of aromatic nitrogens is 4. The van der Waals surface area contributed by atoms with E-state index in [0.717, 1.165) is 35.4 Å². The minimum absolute atomic E-state index is 0.0959. The Bertz CT molecular complexity index is 1560. The molecule has 3 heterocycles. The molecule has 1 fully saturated rings. The molecule has 5 aromatic rings. The third-order valence-corrected chi connectivity index (χ3v) is 7.32. The van der Waals surface area contributed by atoms with Crippen LogP contribution in [0.5, 0.6) is 5.75 Å². The molecule has 0 amide bonds. The summed E-state index contributed by atoms with van der Waals surface area (Å²) in [6.45, 7) is 1.48. The number of fused-ring (bicyclic) bond motifs is 1. The molecule has 0 radical (unpaired) electrons. The van der Waals surface area contributed by atoms with Crippen LogP contribution in [-0.2, 0) is 11.8 Å². The second-order valence-electron chi connectivity index (χ2n) is 9.41. The lowest BCUT2D eigenvalue weighted by Gasteiger charge is -2.34. The predicted molar refractivity (Wildman–Crippen MR) is 140 cm³/mol. The van der Waals surface area contributed by atoms with E-state index in [9.17, 15) is 4.79 Å². The fourth-order valence-corrected chi connectivity index (χ4v) is 5.49. The van der Waals surface area contributed by atoms with Crippen LogP contribution in [0.1, 0.15) is 22.9 Å². The molecule has 2 aromatic heterocycles. The van der Waals surface area contributed by atoms with E-state index in [0.29, 0.717) is 23.3 Å². The monoisotopic (exact) mass is 477 g/mol. The van der Waals surface area contributed by atoms with E-state index in [1.165, 1.54) is 5.56 Å². The van der Waals surface area contributed by atoms with Gasteiger partial charge in [0.1, 0.15) is 11.6 Å². The van der Waals surface area contributed by atoms with Crippen molar-refractivity contribution in [3.8, 4) is 16.9 Å². The zero-order valence-corrected chi connectivity index (χ0v) is 20.0. The quantitative estimate of drug-likeness (QED) is 0.341. The molecular weight excluding hydrogens is 450 g/mol. The molecule has 0 spiro atoms. The van der Waals surface area contributed by atoms with Gasteiger partial charge >= 0.3 is 0 Å². The Morgan fingerprint density at radius 2 is 1.92 bits per heavy atom. The van der Waals surface area contributed by atoms with Gasteiger partial charge in [-0.3, -0.25) is 9.89 Å². The van der Waals surface area contributed by atoms with Gasteiger partial charge < -0.3 is 15.0 Å². The van der Waals surface area contributed by atoms with Crippen LogP contribution >= 0.6 is 0 Å². The SMILES string of the molecule is COc1cccc([C@@H]2CNC[C@]2(Cc2ccccc2)c2nc3ccc(-c4cn[nH]c4)cc3c(=O)[nH]2)c1. The van der Waals surface area contributed by atoms with E-state index in [1.807, 2.05) is 42.6 Å². The highest BCUT2D eigenvalue weighted by Crippen LogP contribution is 2.44.